The van der Waals surface area contributed by atoms with Gasteiger partial charge in [-0.3, -0.25) is 4.79 Å². The molecule has 18 heavy (non-hydrogen) atoms. The Morgan fingerprint density at radius 2 is 2.11 bits per heavy atom. The number of ether oxygens (including phenoxy) is 2. The van der Waals surface area contributed by atoms with E-state index in [1.165, 1.54) is 6.07 Å². The van der Waals surface area contributed by atoms with Crippen molar-refractivity contribution in [3.63, 3.8) is 0 Å². The van der Waals surface area contributed by atoms with Gasteiger partial charge in [-0.05, 0) is 20.3 Å². The monoisotopic (exact) mass is 253 g/mol. The molecular weight excluding hydrogens is 234 g/mol. The number of aryl methyl sites for hydroxylation is 1. The molecule has 0 radical (unpaired) electrons. The first-order valence-electron chi connectivity index (χ1n) is 6.14. The maximum absolute atomic E-state index is 11.8. The van der Waals surface area contributed by atoms with Crippen LogP contribution in [-0.2, 0) is 4.74 Å². The first kappa shape index (κ1) is 14.3. The highest BCUT2D eigenvalue weighted by molar-refractivity contribution is 5.91. The first-order valence-corrected chi connectivity index (χ1v) is 6.14. The molecule has 1 rings (SSSR count). The van der Waals surface area contributed by atoms with Gasteiger partial charge in [0.2, 0.25) is 5.88 Å². The number of pyridine rings is 1. The van der Waals surface area contributed by atoms with Crippen LogP contribution >= 0.6 is 0 Å². The van der Waals surface area contributed by atoms with Crippen molar-refractivity contribution in [1.29, 1.82) is 0 Å². The first-order chi connectivity index (χ1) is 8.60. The van der Waals surface area contributed by atoms with Crippen LogP contribution in [-0.4, -0.2) is 24.2 Å². The zero-order valence-electron chi connectivity index (χ0n) is 11.0. The number of nitrogens with one attached hydrogen (secondary N) is 1. The van der Waals surface area contributed by atoms with Crippen LogP contribution in [0.25, 0.3) is 0 Å². The zero-order chi connectivity index (χ0) is 13.5. The van der Waals surface area contributed by atoms with E-state index < -0.39 is 5.97 Å². The number of aromatic nitrogens is 1. The fourth-order valence-corrected chi connectivity index (χ4v) is 1.48. The highest BCUT2D eigenvalue weighted by atomic mass is 16.5. The summed E-state index contributed by atoms with van der Waals surface area (Å²) in [6.45, 7) is 6.15. The predicted octanol–water partition coefficient (Wildman–Crippen LogP) is 2.04. The van der Waals surface area contributed by atoms with Gasteiger partial charge >= 0.3 is 5.97 Å². The molecule has 0 unspecified atom stereocenters. The minimum absolute atomic E-state index is 0.0569. The van der Waals surface area contributed by atoms with E-state index >= 15 is 0 Å². The van der Waals surface area contributed by atoms with Gasteiger partial charge in [0.15, 0.2) is 11.0 Å². The molecule has 5 nitrogen and oxygen atoms in total. The van der Waals surface area contributed by atoms with Crippen molar-refractivity contribution in [2.45, 2.75) is 33.6 Å². The molecule has 1 heterocycles. The lowest BCUT2D eigenvalue weighted by Crippen LogP contribution is -2.20. The molecule has 0 atom stereocenters. The van der Waals surface area contributed by atoms with E-state index in [1.807, 2.05) is 6.92 Å². The molecule has 0 saturated carbocycles. The predicted molar refractivity (Wildman–Crippen MR) is 68.2 cm³/mol. The summed E-state index contributed by atoms with van der Waals surface area (Å²) in [5, 5.41) is 0. The Kier molecular flexibility index (Phi) is 5.42. The average Bonchev–Trinajstić information content (AvgIpc) is 2.28. The lowest BCUT2D eigenvalue weighted by Gasteiger charge is -2.10. The number of H-pyrrole nitrogens is 1. The number of carbonyl (C=O) groups excluding carboxylic acids is 1. The molecular formula is C13H19NO4. The van der Waals surface area contributed by atoms with Crippen LogP contribution in [0.15, 0.2) is 10.9 Å². The van der Waals surface area contributed by atoms with Crippen molar-refractivity contribution in [2.24, 2.45) is 0 Å². The maximum Gasteiger partial charge on any atom is 0.347 e. The Balaban J connectivity index is 3.05. The third-order valence-corrected chi connectivity index (χ3v) is 2.36. The van der Waals surface area contributed by atoms with Crippen LogP contribution in [0, 0.1) is 6.92 Å². The molecule has 1 N–H and O–H groups in total. The van der Waals surface area contributed by atoms with Crippen molar-refractivity contribution in [2.75, 3.05) is 13.2 Å². The molecule has 0 aliphatic carbocycles. The summed E-state index contributed by atoms with van der Waals surface area (Å²) in [6.07, 6.45) is 1.84. The molecule has 0 aliphatic heterocycles. The van der Waals surface area contributed by atoms with Crippen molar-refractivity contribution < 1.29 is 14.3 Å². The molecule has 5 heteroatoms. The Morgan fingerprint density at radius 3 is 2.72 bits per heavy atom. The number of esters is 1. The molecule has 0 bridgehead atoms. The highest BCUT2D eigenvalue weighted by Crippen LogP contribution is 2.14. The number of hydrogen-bond acceptors (Lipinski definition) is 4. The van der Waals surface area contributed by atoms with Crippen molar-refractivity contribution in [1.82, 2.24) is 4.98 Å². The van der Waals surface area contributed by atoms with E-state index in [4.69, 9.17) is 9.47 Å². The zero-order valence-corrected chi connectivity index (χ0v) is 11.0. The quantitative estimate of drug-likeness (QED) is 0.622. The van der Waals surface area contributed by atoms with E-state index in [9.17, 15) is 9.59 Å². The molecule has 0 saturated heterocycles. The lowest BCUT2D eigenvalue weighted by atomic mass is 10.2. The van der Waals surface area contributed by atoms with E-state index in [0.717, 1.165) is 12.8 Å². The Labute approximate surface area is 106 Å². The van der Waals surface area contributed by atoms with Gasteiger partial charge in [0, 0.05) is 11.8 Å². The largest absolute Gasteiger partial charge is 0.478 e. The number of aromatic amines is 1. The molecule has 0 aliphatic rings. The molecule has 0 fully saturated rings. The minimum Gasteiger partial charge on any atom is -0.478 e. The Hall–Kier alpha value is -1.78. The van der Waals surface area contributed by atoms with Crippen LogP contribution in [0.4, 0.5) is 0 Å². The van der Waals surface area contributed by atoms with Gasteiger partial charge in [0.1, 0.15) is 0 Å². The Bertz CT molecular complexity index is 465. The van der Waals surface area contributed by atoms with Gasteiger partial charge in [0.05, 0.1) is 13.2 Å². The second-order valence-electron chi connectivity index (χ2n) is 3.94. The van der Waals surface area contributed by atoms with Crippen LogP contribution in [0.1, 0.15) is 42.7 Å². The van der Waals surface area contributed by atoms with Crippen molar-refractivity contribution in [3.8, 4) is 5.88 Å². The normalized spacial score (nSPS) is 10.2. The molecule has 100 valence electrons. The third kappa shape index (κ3) is 3.61. The van der Waals surface area contributed by atoms with Gasteiger partial charge in [-0.1, -0.05) is 13.3 Å². The molecule has 0 aromatic carbocycles. The highest BCUT2D eigenvalue weighted by Gasteiger charge is 2.19. The van der Waals surface area contributed by atoms with Crippen LogP contribution in [0.3, 0.4) is 0 Å². The van der Waals surface area contributed by atoms with Gasteiger partial charge < -0.3 is 14.5 Å². The SMILES string of the molecule is CCCCOc1[nH]c(C)cc(=O)c1C(=O)OCC. The number of unbranched alkanes of at least 4 members (excludes halogenated alkanes) is 1. The summed E-state index contributed by atoms with van der Waals surface area (Å²) >= 11 is 0. The number of rotatable bonds is 6. The summed E-state index contributed by atoms with van der Waals surface area (Å²) in [5.41, 5.74) is 0.217. The summed E-state index contributed by atoms with van der Waals surface area (Å²) in [7, 11) is 0. The lowest BCUT2D eigenvalue weighted by molar-refractivity contribution is 0.0519. The third-order valence-electron chi connectivity index (χ3n) is 2.36. The molecule has 1 aromatic rings. The van der Waals surface area contributed by atoms with Crippen LogP contribution < -0.4 is 10.2 Å². The number of carbonyl (C=O) groups is 1. The van der Waals surface area contributed by atoms with Gasteiger partial charge in [-0.15, -0.1) is 0 Å². The van der Waals surface area contributed by atoms with E-state index in [0.29, 0.717) is 12.3 Å². The molecule has 1 aromatic heterocycles. The standard InChI is InChI=1S/C13H19NO4/c1-4-6-7-18-12-11(13(16)17-5-2)10(15)8-9(3)14-12/h8H,4-7H2,1-3H3,(H,14,15). The minimum atomic E-state index is -0.648. The van der Waals surface area contributed by atoms with Crippen molar-refractivity contribution >= 4 is 5.97 Å². The van der Waals surface area contributed by atoms with Gasteiger partial charge in [0.25, 0.3) is 0 Å². The topological polar surface area (TPSA) is 68.4 Å². The summed E-state index contributed by atoms with van der Waals surface area (Å²) in [6, 6.07) is 1.36. The summed E-state index contributed by atoms with van der Waals surface area (Å²) in [5.74, 6) is -0.447. The summed E-state index contributed by atoms with van der Waals surface area (Å²) < 4.78 is 10.3. The van der Waals surface area contributed by atoms with E-state index in [1.54, 1.807) is 13.8 Å². The molecule has 0 amide bonds. The Morgan fingerprint density at radius 1 is 1.39 bits per heavy atom. The average molecular weight is 253 g/mol. The van der Waals surface area contributed by atoms with Gasteiger partial charge in [-0.25, -0.2) is 4.79 Å². The second-order valence-corrected chi connectivity index (χ2v) is 3.94. The van der Waals surface area contributed by atoms with E-state index in [-0.39, 0.29) is 23.5 Å². The second kappa shape index (κ2) is 6.83. The van der Waals surface area contributed by atoms with E-state index in [2.05, 4.69) is 4.98 Å². The van der Waals surface area contributed by atoms with Crippen molar-refractivity contribution in [3.05, 3.63) is 27.5 Å². The smallest absolute Gasteiger partial charge is 0.347 e. The number of hydrogen-bond donors (Lipinski definition) is 1. The molecule has 0 spiro atoms. The van der Waals surface area contributed by atoms with Gasteiger partial charge in [-0.2, -0.15) is 0 Å². The fourth-order valence-electron chi connectivity index (χ4n) is 1.48. The van der Waals surface area contributed by atoms with Crippen LogP contribution in [0.2, 0.25) is 0 Å². The fraction of sp³-hybridized carbons (Fsp3) is 0.538. The maximum atomic E-state index is 11.8. The van der Waals surface area contributed by atoms with Crippen LogP contribution in [0.5, 0.6) is 5.88 Å². The summed E-state index contributed by atoms with van der Waals surface area (Å²) in [4.78, 5) is 26.4.